The highest BCUT2D eigenvalue weighted by atomic mass is 32.2. The normalized spacial score (nSPS) is 17.2. The molecule has 0 unspecified atom stereocenters. The molecule has 0 aromatic heterocycles. The lowest BCUT2D eigenvalue weighted by atomic mass is 10.1. The summed E-state index contributed by atoms with van der Waals surface area (Å²) < 4.78 is 46.2. The van der Waals surface area contributed by atoms with Gasteiger partial charge in [-0.25, -0.2) is 12.8 Å². The van der Waals surface area contributed by atoms with E-state index in [0.717, 1.165) is 30.9 Å². The number of carbonyl (C=O) groups excluding carboxylic acids is 1. The van der Waals surface area contributed by atoms with E-state index < -0.39 is 15.8 Å². The van der Waals surface area contributed by atoms with Crippen molar-refractivity contribution in [1.29, 1.82) is 0 Å². The molecule has 0 spiro atoms. The minimum atomic E-state index is -3.61. The molecular weight excluding hydrogens is 395 g/mol. The molecule has 6 nitrogen and oxygen atoms in total. The summed E-state index contributed by atoms with van der Waals surface area (Å²) in [6, 6.07) is 9.16. The zero-order valence-electron chi connectivity index (χ0n) is 16.2. The van der Waals surface area contributed by atoms with Crippen LogP contribution in [0.1, 0.15) is 27.9 Å². The number of rotatable bonds is 4. The van der Waals surface area contributed by atoms with E-state index in [1.165, 1.54) is 34.0 Å². The Hall–Kier alpha value is -2.45. The van der Waals surface area contributed by atoms with E-state index in [1.807, 2.05) is 6.07 Å². The molecule has 2 aliphatic rings. The fourth-order valence-electron chi connectivity index (χ4n) is 4.01. The predicted molar refractivity (Wildman–Crippen MR) is 106 cm³/mol. The molecule has 2 aromatic carbocycles. The minimum Gasteiger partial charge on any atom is -0.496 e. The highest BCUT2D eigenvalue weighted by Crippen LogP contribution is 2.27. The van der Waals surface area contributed by atoms with E-state index in [2.05, 4.69) is 0 Å². The number of aryl methyl sites for hydroxylation is 2. The van der Waals surface area contributed by atoms with Crippen LogP contribution in [0.4, 0.5) is 4.39 Å². The smallest absolute Gasteiger partial charge is 0.257 e. The van der Waals surface area contributed by atoms with Crippen molar-refractivity contribution in [2.75, 3.05) is 33.3 Å². The second-order valence-electron chi connectivity index (χ2n) is 7.32. The monoisotopic (exact) mass is 418 g/mol. The molecule has 1 fully saturated rings. The van der Waals surface area contributed by atoms with Crippen molar-refractivity contribution in [1.82, 2.24) is 9.21 Å². The Balaban J connectivity index is 1.48. The maximum atomic E-state index is 13.6. The lowest BCUT2D eigenvalue weighted by Gasteiger charge is -2.34. The van der Waals surface area contributed by atoms with Gasteiger partial charge in [-0.15, -0.1) is 0 Å². The summed E-state index contributed by atoms with van der Waals surface area (Å²) in [5, 5.41) is 0. The molecule has 0 atom stereocenters. The van der Waals surface area contributed by atoms with Crippen molar-refractivity contribution < 1.29 is 22.3 Å². The summed E-state index contributed by atoms with van der Waals surface area (Å²) >= 11 is 0. The maximum absolute atomic E-state index is 13.6. The van der Waals surface area contributed by atoms with Crippen LogP contribution < -0.4 is 4.74 Å². The Labute approximate surface area is 169 Å². The number of halogens is 1. The van der Waals surface area contributed by atoms with Gasteiger partial charge in [0.05, 0.1) is 17.6 Å². The lowest BCUT2D eigenvalue weighted by Crippen LogP contribution is -2.50. The molecule has 1 aliphatic carbocycles. The standard InChI is InChI=1S/C21H23FN2O4S/c1-28-20-8-6-17(22)14-19(20)21(25)23-9-11-24(12-10-23)29(26,27)18-7-5-15-3-2-4-16(15)13-18/h5-8,13-14H,2-4,9-12H2,1H3. The SMILES string of the molecule is COc1ccc(F)cc1C(=O)N1CCN(S(=O)(=O)c2ccc3c(c2)CCC3)CC1. The number of fused-ring (bicyclic) bond motifs is 1. The summed E-state index contributed by atoms with van der Waals surface area (Å²) in [6.45, 7) is 0.872. The second-order valence-corrected chi connectivity index (χ2v) is 9.26. The van der Waals surface area contributed by atoms with Crippen LogP contribution in [0.3, 0.4) is 0 Å². The number of benzene rings is 2. The van der Waals surface area contributed by atoms with Gasteiger partial charge < -0.3 is 9.64 Å². The Bertz CT molecular complexity index is 1050. The second kappa shape index (κ2) is 7.76. The molecule has 154 valence electrons. The summed E-state index contributed by atoms with van der Waals surface area (Å²) in [5.41, 5.74) is 2.48. The van der Waals surface area contributed by atoms with E-state index in [1.54, 1.807) is 12.1 Å². The van der Waals surface area contributed by atoms with E-state index in [9.17, 15) is 17.6 Å². The van der Waals surface area contributed by atoms with Crippen LogP contribution >= 0.6 is 0 Å². The van der Waals surface area contributed by atoms with Gasteiger partial charge in [0.2, 0.25) is 10.0 Å². The lowest BCUT2D eigenvalue weighted by molar-refractivity contribution is 0.0694. The summed E-state index contributed by atoms with van der Waals surface area (Å²) in [4.78, 5) is 14.6. The fourth-order valence-corrected chi connectivity index (χ4v) is 5.48. The number of ether oxygens (including phenoxy) is 1. The molecule has 0 radical (unpaired) electrons. The molecule has 29 heavy (non-hydrogen) atoms. The van der Waals surface area contributed by atoms with Gasteiger partial charge in [-0.05, 0) is 60.7 Å². The number of sulfonamides is 1. The van der Waals surface area contributed by atoms with Crippen molar-refractivity contribution in [2.24, 2.45) is 0 Å². The van der Waals surface area contributed by atoms with Gasteiger partial charge in [-0.2, -0.15) is 4.31 Å². The number of hydrogen-bond donors (Lipinski definition) is 0. The third-order valence-electron chi connectivity index (χ3n) is 5.63. The van der Waals surface area contributed by atoms with Crippen LogP contribution in [0.2, 0.25) is 0 Å². The summed E-state index contributed by atoms with van der Waals surface area (Å²) in [6.07, 6.45) is 2.97. The van der Waals surface area contributed by atoms with Crippen molar-refractivity contribution in [2.45, 2.75) is 24.2 Å². The third-order valence-corrected chi connectivity index (χ3v) is 7.52. The van der Waals surface area contributed by atoms with E-state index >= 15 is 0 Å². The molecule has 1 aliphatic heterocycles. The first-order valence-electron chi connectivity index (χ1n) is 9.65. The first kappa shape index (κ1) is 19.8. The third kappa shape index (κ3) is 3.74. The van der Waals surface area contributed by atoms with Crippen LogP contribution in [0.25, 0.3) is 0 Å². The Morgan fingerprint density at radius 3 is 2.45 bits per heavy atom. The van der Waals surface area contributed by atoms with E-state index in [0.29, 0.717) is 10.6 Å². The van der Waals surface area contributed by atoms with Gasteiger partial charge in [0, 0.05) is 26.2 Å². The van der Waals surface area contributed by atoms with E-state index in [-0.39, 0.29) is 37.6 Å². The van der Waals surface area contributed by atoms with Crippen LogP contribution in [0, 0.1) is 5.82 Å². The molecule has 0 saturated carbocycles. The minimum absolute atomic E-state index is 0.141. The number of hydrogen-bond acceptors (Lipinski definition) is 4. The van der Waals surface area contributed by atoms with Crippen LogP contribution in [-0.4, -0.2) is 56.8 Å². The molecule has 1 amide bonds. The Kier molecular flexibility index (Phi) is 5.31. The predicted octanol–water partition coefficient (Wildman–Crippen LogP) is 2.47. The van der Waals surface area contributed by atoms with Gasteiger partial charge in [0.1, 0.15) is 11.6 Å². The first-order valence-corrected chi connectivity index (χ1v) is 11.1. The number of nitrogens with zero attached hydrogens (tertiary/aromatic N) is 2. The average molecular weight is 418 g/mol. The quantitative estimate of drug-likeness (QED) is 0.765. The first-order chi connectivity index (χ1) is 13.9. The number of carbonyl (C=O) groups is 1. The van der Waals surface area contributed by atoms with Gasteiger partial charge in [-0.1, -0.05) is 6.07 Å². The Morgan fingerprint density at radius 1 is 1.00 bits per heavy atom. The van der Waals surface area contributed by atoms with E-state index in [4.69, 9.17) is 4.74 Å². The maximum Gasteiger partial charge on any atom is 0.257 e. The number of methoxy groups -OCH3 is 1. The molecule has 8 heteroatoms. The summed E-state index contributed by atoms with van der Waals surface area (Å²) in [5.74, 6) is -0.590. The van der Waals surface area contributed by atoms with Crippen molar-refractivity contribution in [3.05, 3.63) is 58.9 Å². The highest BCUT2D eigenvalue weighted by molar-refractivity contribution is 7.89. The van der Waals surface area contributed by atoms with Gasteiger partial charge in [0.15, 0.2) is 0 Å². The molecular formula is C21H23FN2O4S. The zero-order chi connectivity index (χ0) is 20.6. The average Bonchev–Trinajstić information content (AvgIpc) is 3.21. The summed E-state index contributed by atoms with van der Waals surface area (Å²) in [7, 11) is -2.18. The van der Waals surface area contributed by atoms with Crippen LogP contribution in [0.5, 0.6) is 5.75 Å². The number of amides is 1. The molecule has 4 rings (SSSR count). The molecule has 1 heterocycles. The van der Waals surface area contributed by atoms with Crippen molar-refractivity contribution >= 4 is 15.9 Å². The largest absolute Gasteiger partial charge is 0.496 e. The fraction of sp³-hybridized carbons (Fsp3) is 0.381. The van der Waals surface area contributed by atoms with Gasteiger partial charge in [0.25, 0.3) is 5.91 Å². The van der Waals surface area contributed by atoms with Gasteiger partial charge >= 0.3 is 0 Å². The van der Waals surface area contributed by atoms with Crippen molar-refractivity contribution in [3.8, 4) is 5.75 Å². The topological polar surface area (TPSA) is 66.9 Å². The van der Waals surface area contributed by atoms with Gasteiger partial charge in [-0.3, -0.25) is 4.79 Å². The van der Waals surface area contributed by atoms with Crippen molar-refractivity contribution in [3.63, 3.8) is 0 Å². The van der Waals surface area contributed by atoms with Crippen LogP contribution in [0.15, 0.2) is 41.3 Å². The molecule has 1 saturated heterocycles. The van der Waals surface area contributed by atoms with Crippen LogP contribution in [-0.2, 0) is 22.9 Å². The molecule has 0 bridgehead atoms. The zero-order valence-corrected chi connectivity index (χ0v) is 17.0. The molecule has 0 N–H and O–H groups in total. The molecule has 2 aromatic rings. The number of piperazine rings is 1. The Morgan fingerprint density at radius 2 is 1.72 bits per heavy atom. The highest BCUT2D eigenvalue weighted by Gasteiger charge is 2.32.